The van der Waals surface area contributed by atoms with Crippen molar-refractivity contribution in [1.29, 1.82) is 0 Å². The second-order valence-electron chi connectivity index (χ2n) is 7.87. The first-order valence-electron chi connectivity index (χ1n) is 10.3. The highest BCUT2D eigenvalue weighted by Crippen LogP contribution is 2.30. The molecule has 0 fully saturated rings. The number of nitrogens with one attached hydrogen (secondary N) is 1. The number of aryl methyl sites for hydroxylation is 1. The molecule has 0 aliphatic carbocycles. The third kappa shape index (κ3) is 5.23. The number of carbonyl (C=O) groups is 1. The molecule has 0 bridgehead atoms. The zero-order valence-electron chi connectivity index (χ0n) is 18.1. The van der Waals surface area contributed by atoms with Crippen molar-refractivity contribution in [2.45, 2.75) is 39.5 Å². The highest BCUT2D eigenvalue weighted by atomic mass is 35.5. The average molecular weight is 467 g/mol. The predicted octanol–water partition coefficient (Wildman–Crippen LogP) is 6.05. The Labute approximate surface area is 195 Å². The Bertz CT molecular complexity index is 1250. The maximum Gasteiger partial charge on any atom is 0.260 e. The predicted molar refractivity (Wildman–Crippen MR) is 127 cm³/mol. The SMILES string of the molecule is Cc1cccc(-c2nc(C(C)C)no2)c1NC(=O)Cc1csc(Cc2cccc(Cl)c2)n1. The van der Waals surface area contributed by atoms with E-state index in [1.807, 2.05) is 68.6 Å². The third-order valence-corrected chi connectivity index (χ3v) is 6.04. The van der Waals surface area contributed by atoms with Gasteiger partial charge in [-0.1, -0.05) is 54.9 Å². The standard InChI is InChI=1S/C24H23ClN4O2S/c1-14(2)23-28-24(31-29-23)19-9-4-6-15(3)22(19)27-20(30)12-18-13-32-21(26-18)11-16-7-5-8-17(25)10-16/h4-10,13-14H,11-12H2,1-3H3,(H,27,30). The monoisotopic (exact) mass is 466 g/mol. The van der Waals surface area contributed by atoms with Gasteiger partial charge >= 0.3 is 0 Å². The molecule has 0 atom stereocenters. The molecule has 8 heteroatoms. The van der Waals surface area contributed by atoms with Crippen LogP contribution < -0.4 is 5.32 Å². The minimum atomic E-state index is -0.149. The Hall–Kier alpha value is -3.03. The number of rotatable bonds is 7. The number of amides is 1. The molecule has 164 valence electrons. The Morgan fingerprint density at radius 3 is 2.75 bits per heavy atom. The molecule has 2 aromatic carbocycles. The summed E-state index contributed by atoms with van der Waals surface area (Å²) < 4.78 is 5.44. The van der Waals surface area contributed by atoms with Gasteiger partial charge in [0.1, 0.15) is 0 Å². The van der Waals surface area contributed by atoms with Crippen molar-refractivity contribution >= 4 is 34.5 Å². The minimum Gasteiger partial charge on any atom is -0.334 e. The maximum atomic E-state index is 12.8. The summed E-state index contributed by atoms with van der Waals surface area (Å²) in [5.74, 6) is 1.03. The summed E-state index contributed by atoms with van der Waals surface area (Å²) in [5, 5.41) is 10.6. The lowest BCUT2D eigenvalue weighted by Crippen LogP contribution is -2.16. The first-order chi connectivity index (χ1) is 15.4. The lowest BCUT2D eigenvalue weighted by molar-refractivity contribution is -0.115. The van der Waals surface area contributed by atoms with E-state index in [1.165, 1.54) is 11.3 Å². The zero-order chi connectivity index (χ0) is 22.7. The van der Waals surface area contributed by atoms with Gasteiger partial charge in [-0.3, -0.25) is 4.79 Å². The molecule has 1 amide bonds. The van der Waals surface area contributed by atoms with E-state index in [0.717, 1.165) is 21.8 Å². The number of halogens is 1. The van der Waals surface area contributed by atoms with Gasteiger partial charge in [0.25, 0.3) is 5.89 Å². The van der Waals surface area contributed by atoms with Crippen LogP contribution in [-0.4, -0.2) is 21.0 Å². The molecular weight excluding hydrogens is 444 g/mol. The maximum absolute atomic E-state index is 12.8. The third-order valence-electron chi connectivity index (χ3n) is 4.91. The fraction of sp³-hybridized carbons (Fsp3) is 0.250. The van der Waals surface area contributed by atoms with Crippen molar-refractivity contribution in [2.75, 3.05) is 5.32 Å². The molecule has 0 unspecified atom stereocenters. The molecule has 0 saturated heterocycles. The van der Waals surface area contributed by atoms with Crippen LogP contribution in [0, 0.1) is 6.92 Å². The molecule has 0 radical (unpaired) electrons. The Balaban J connectivity index is 1.47. The quantitative estimate of drug-likeness (QED) is 0.358. The summed E-state index contributed by atoms with van der Waals surface area (Å²) in [4.78, 5) is 21.9. The molecule has 1 N–H and O–H groups in total. The minimum absolute atomic E-state index is 0.149. The van der Waals surface area contributed by atoms with Crippen LogP contribution in [0.15, 0.2) is 52.4 Å². The number of benzene rings is 2. The van der Waals surface area contributed by atoms with E-state index < -0.39 is 0 Å². The van der Waals surface area contributed by atoms with Crippen LogP contribution in [-0.2, 0) is 17.6 Å². The van der Waals surface area contributed by atoms with Gasteiger partial charge in [-0.2, -0.15) is 4.98 Å². The lowest BCUT2D eigenvalue weighted by atomic mass is 10.1. The van der Waals surface area contributed by atoms with Crippen molar-refractivity contribution in [2.24, 2.45) is 0 Å². The van der Waals surface area contributed by atoms with Crippen molar-refractivity contribution in [3.8, 4) is 11.5 Å². The van der Waals surface area contributed by atoms with Gasteiger partial charge in [-0.15, -0.1) is 11.3 Å². The molecule has 32 heavy (non-hydrogen) atoms. The number of hydrogen-bond donors (Lipinski definition) is 1. The second kappa shape index (κ2) is 9.63. The highest BCUT2D eigenvalue weighted by Gasteiger charge is 2.18. The first-order valence-corrected chi connectivity index (χ1v) is 11.6. The fourth-order valence-electron chi connectivity index (χ4n) is 3.27. The van der Waals surface area contributed by atoms with Gasteiger partial charge in [0.05, 0.1) is 28.4 Å². The van der Waals surface area contributed by atoms with Gasteiger partial charge in [0.15, 0.2) is 5.82 Å². The van der Waals surface area contributed by atoms with Gasteiger partial charge in [-0.05, 0) is 36.2 Å². The van der Waals surface area contributed by atoms with Crippen molar-refractivity contribution in [3.05, 3.63) is 80.5 Å². The van der Waals surface area contributed by atoms with Crippen LogP contribution in [0.5, 0.6) is 0 Å². The molecule has 2 heterocycles. The topological polar surface area (TPSA) is 80.9 Å². The molecule has 4 rings (SSSR count). The molecule has 0 saturated carbocycles. The number of carbonyl (C=O) groups excluding carboxylic acids is 1. The molecular formula is C24H23ClN4O2S. The van der Waals surface area contributed by atoms with E-state index in [2.05, 4.69) is 20.4 Å². The van der Waals surface area contributed by atoms with Gasteiger partial charge in [0, 0.05) is 22.7 Å². The van der Waals surface area contributed by atoms with Gasteiger partial charge in [0.2, 0.25) is 5.91 Å². The Morgan fingerprint density at radius 1 is 1.19 bits per heavy atom. The average Bonchev–Trinajstić information content (AvgIpc) is 3.39. The lowest BCUT2D eigenvalue weighted by Gasteiger charge is -2.11. The molecule has 4 aromatic rings. The molecule has 6 nitrogen and oxygen atoms in total. The van der Waals surface area contributed by atoms with Crippen molar-refractivity contribution < 1.29 is 9.32 Å². The van der Waals surface area contributed by atoms with E-state index in [9.17, 15) is 4.79 Å². The summed E-state index contributed by atoms with van der Waals surface area (Å²) in [7, 11) is 0. The summed E-state index contributed by atoms with van der Waals surface area (Å²) >= 11 is 7.60. The highest BCUT2D eigenvalue weighted by molar-refractivity contribution is 7.09. The molecule has 0 aliphatic heterocycles. The van der Waals surface area contributed by atoms with E-state index in [0.29, 0.717) is 34.4 Å². The summed E-state index contributed by atoms with van der Waals surface area (Å²) in [5.41, 5.74) is 4.12. The molecule has 0 aliphatic rings. The van der Waals surface area contributed by atoms with Crippen LogP contribution >= 0.6 is 22.9 Å². The second-order valence-corrected chi connectivity index (χ2v) is 9.25. The zero-order valence-corrected chi connectivity index (χ0v) is 19.6. The van der Waals surface area contributed by atoms with Gasteiger partial charge < -0.3 is 9.84 Å². The largest absolute Gasteiger partial charge is 0.334 e. The van der Waals surface area contributed by atoms with E-state index in [4.69, 9.17) is 16.1 Å². The normalized spacial score (nSPS) is 11.2. The van der Waals surface area contributed by atoms with Crippen LogP contribution in [0.25, 0.3) is 11.5 Å². The van der Waals surface area contributed by atoms with E-state index in [-0.39, 0.29) is 18.2 Å². The molecule has 0 spiro atoms. The summed E-state index contributed by atoms with van der Waals surface area (Å²) in [6, 6.07) is 13.4. The van der Waals surface area contributed by atoms with E-state index in [1.54, 1.807) is 0 Å². The Morgan fingerprint density at radius 2 is 2.00 bits per heavy atom. The summed E-state index contributed by atoms with van der Waals surface area (Å²) in [6.07, 6.45) is 0.866. The van der Waals surface area contributed by atoms with Crippen LogP contribution in [0.3, 0.4) is 0 Å². The van der Waals surface area contributed by atoms with Gasteiger partial charge in [-0.25, -0.2) is 4.98 Å². The smallest absolute Gasteiger partial charge is 0.260 e. The number of anilines is 1. The van der Waals surface area contributed by atoms with Crippen LogP contribution in [0.4, 0.5) is 5.69 Å². The number of hydrogen-bond acceptors (Lipinski definition) is 6. The number of aromatic nitrogens is 3. The Kier molecular flexibility index (Phi) is 6.67. The molecule has 2 aromatic heterocycles. The summed E-state index contributed by atoms with van der Waals surface area (Å²) in [6.45, 7) is 5.94. The van der Waals surface area contributed by atoms with E-state index >= 15 is 0 Å². The fourth-order valence-corrected chi connectivity index (χ4v) is 4.31. The van der Waals surface area contributed by atoms with Crippen LogP contribution in [0.1, 0.15) is 47.4 Å². The first kappa shape index (κ1) is 22.2. The van der Waals surface area contributed by atoms with Crippen molar-refractivity contribution in [3.63, 3.8) is 0 Å². The number of thiazole rings is 1. The van der Waals surface area contributed by atoms with Crippen LogP contribution in [0.2, 0.25) is 5.02 Å². The van der Waals surface area contributed by atoms with Crippen molar-refractivity contribution in [1.82, 2.24) is 15.1 Å². The number of nitrogens with zero attached hydrogens (tertiary/aromatic N) is 3. The number of para-hydroxylation sites is 1.